The second-order valence-corrected chi connectivity index (χ2v) is 9.84. The molecule has 3 rings (SSSR count). The van der Waals surface area contributed by atoms with Gasteiger partial charge in [0.15, 0.2) is 5.16 Å². The minimum Gasteiger partial charge on any atom is -0.340 e. The molecule has 1 aromatic heterocycles. The molecule has 1 amide bonds. The molecule has 0 unspecified atom stereocenters. The number of fused-ring (bicyclic) bond motifs is 1. The molecular weight excluding hydrogens is 396 g/mol. The van der Waals surface area contributed by atoms with Gasteiger partial charge in [-0.3, -0.25) is 14.2 Å². The van der Waals surface area contributed by atoms with Gasteiger partial charge in [0, 0.05) is 25.6 Å². The number of nitrogens with zero attached hydrogens (tertiary/aromatic N) is 3. The summed E-state index contributed by atoms with van der Waals surface area (Å²) in [6.07, 6.45) is 5.25. The van der Waals surface area contributed by atoms with E-state index >= 15 is 0 Å². The molecule has 0 radical (unpaired) electrons. The van der Waals surface area contributed by atoms with E-state index in [2.05, 4.69) is 25.9 Å². The minimum atomic E-state index is -0.268. The Morgan fingerprint density at radius 3 is 2.80 bits per heavy atom. The van der Waals surface area contributed by atoms with E-state index in [1.807, 2.05) is 31.2 Å². The molecule has 1 aromatic carbocycles. The second-order valence-electron chi connectivity index (χ2n) is 8.53. The molecule has 2 atom stereocenters. The van der Waals surface area contributed by atoms with Crippen LogP contribution in [0.4, 0.5) is 0 Å². The smallest absolute Gasteiger partial charge is 0.262 e. The third kappa shape index (κ3) is 5.24. The number of amides is 1. The van der Waals surface area contributed by atoms with Gasteiger partial charge >= 0.3 is 0 Å². The molecule has 2 heterocycles. The molecule has 0 spiro atoms. The Hall–Kier alpha value is -1.86. The van der Waals surface area contributed by atoms with Gasteiger partial charge in [0.2, 0.25) is 5.91 Å². The number of hydrogen-bond acceptors (Lipinski definition) is 4. The maximum Gasteiger partial charge on any atom is 0.262 e. The van der Waals surface area contributed by atoms with Crippen LogP contribution in [-0.2, 0) is 11.3 Å². The highest BCUT2D eigenvalue weighted by atomic mass is 32.2. The van der Waals surface area contributed by atoms with E-state index in [-0.39, 0.29) is 16.7 Å². The lowest BCUT2D eigenvalue weighted by Crippen LogP contribution is -3.05. The lowest BCUT2D eigenvalue weighted by Gasteiger charge is -2.36. The first-order valence-corrected chi connectivity index (χ1v) is 12.1. The summed E-state index contributed by atoms with van der Waals surface area (Å²) in [6.45, 7) is 6.54. The van der Waals surface area contributed by atoms with E-state index in [1.54, 1.807) is 4.57 Å². The van der Waals surface area contributed by atoms with Gasteiger partial charge in [-0.25, -0.2) is 4.98 Å². The van der Waals surface area contributed by atoms with Crippen molar-refractivity contribution in [2.45, 2.75) is 68.9 Å². The van der Waals surface area contributed by atoms with Crippen LogP contribution in [0.5, 0.6) is 0 Å². The molecule has 30 heavy (non-hydrogen) atoms. The Balaban J connectivity index is 1.87. The Bertz CT molecular complexity index is 927. The summed E-state index contributed by atoms with van der Waals surface area (Å²) in [7, 11) is 4.22. The van der Waals surface area contributed by atoms with Crippen molar-refractivity contribution in [3.63, 3.8) is 0 Å². The van der Waals surface area contributed by atoms with E-state index < -0.39 is 0 Å². The predicted octanol–water partition coefficient (Wildman–Crippen LogP) is 2.20. The molecule has 0 saturated carbocycles. The number of likely N-dealkylation sites (tertiary alicyclic amines) is 1. The molecule has 1 saturated heterocycles. The fourth-order valence-corrected chi connectivity index (χ4v) is 5.19. The standard InChI is InChI=1S/C23H34N4O2S/c1-5-18-11-8-9-15-26(18)21(28)17(2)30-23-24-20-13-7-6-12-19(20)22(29)27(23)16-10-14-25(3)4/h6-7,12-13,17-18H,5,8-11,14-16H2,1-4H3/p+1/t17-,18-/m1/s1. The average Bonchev–Trinajstić information content (AvgIpc) is 2.75. The van der Waals surface area contributed by atoms with Gasteiger partial charge in [-0.15, -0.1) is 0 Å². The SMILES string of the molecule is CC[C@@H]1CCCCN1C(=O)[C@@H](C)Sc1nc2ccccc2c(=O)n1CCC[NH+](C)C. The van der Waals surface area contributed by atoms with Crippen LogP contribution in [0.3, 0.4) is 0 Å². The first kappa shape index (κ1) is 22.8. The van der Waals surface area contributed by atoms with Crippen molar-refractivity contribution in [1.29, 1.82) is 0 Å². The number of hydrogen-bond donors (Lipinski definition) is 1. The Morgan fingerprint density at radius 1 is 1.30 bits per heavy atom. The fraction of sp³-hybridized carbons (Fsp3) is 0.609. The molecule has 6 nitrogen and oxygen atoms in total. The van der Waals surface area contributed by atoms with Crippen molar-refractivity contribution in [3.05, 3.63) is 34.6 Å². The third-order valence-corrected chi connectivity index (χ3v) is 6.97. The number of piperidine rings is 1. The van der Waals surface area contributed by atoms with Crippen molar-refractivity contribution in [1.82, 2.24) is 14.5 Å². The van der Waals surface area contributed by atoms with Crippen LogP contribution in [0.25, 0.3) is 10.9 Å². The monoisotopic (exact) mass is 431 g/mol. The number of nitrogens with one attached hydrogen (secondary N) is 1. The number of para-hydroxylation sites is 1. The van der Waals surface area contributed by atoms with E-state index in [0.29, 0.717) is 28.6 Å². The van der Waals surface area contributed by atoms with Gasteiger partial charge in [-0.1, -0.05) is 30.8 Å². The zero-order chi connectivity index (χ0) is 21.7. The minimum absolute atomic E-state index is 0.0130. The van der Waals surface area contributed by atoms with E-state index in [1.165, 1.54) is 23.1 Å². The van der Waals surface area contributed by atoms with Crippen molar-refractivity contribution in [3.8, 4) is 0 Å². The summed E-state index contributed by atoms with van der Waals surface area (Å²) in [5.74, 6) is 0.165. The molecule has 1 fully saturated rings. The quantitative estimate of drug-likeness (QED) is 0.514. The van der Waals surface area contributed by atoms with Crippen LogP contribution in [0.1, 0.15) is 46.0 Å². The van der Waals surface area contributed by atoms with Crippen LogP contribution >= 0.6 is 11.8 Å². The summed E-state index contributed by atoms with van der Waals surface area (Å²) >= 11 is 1.43. The molecule has 1 aliphatic rings. The van der Waals surface area contributed by atoms with Crippen LogP contribution in [0.15, 0.2) is 34.2 Å². The molecule has 0 bridgehead atoms. The van der Waals surface area contributed by atoms with Crippen LogP contribution < -0.4 is 10.5 Å². The van der Waals surface area contributed by atoms with E-state index in [9.17, 15) is 9.59 Å². The van der Waals surface area contributed by atoms with E-state index in [4.69, 9.17) is 4.98 Å². The normalized spacial score (nSPS) is 18.2. The highest BCUT2D eigenvalue weighted by Crippen LogP contribution is 2.27. The maximum absolute atomic E-state index is 13.2. The summed E-state index contributed by atoms with van der Waals surface area (Å²) in [5, 5.41) is 1.02. The number of carbonyl (C=O) groups is 1. The van der Waals surface area contributed by atoms with Gasteiger partial charge in [0.1, 0.15) is 0 Å². The van der Waals surface area contributed by atoms with Crippen LogP contribution in [0, 0.1) is 0 Å². The Morgan fingerprint density at radius 2 is 2.07 bits per heavy atom. The molecule has 1 N–H and O–H groups in total. The first-order valence-electron chi connectivity index (χ1n) is 11.2. The lowest BCUT2D eigenvalue weighted by molar-refractivity contribution is -0.858. The largest absolute Gasteiger partial charge is 0.340 e. The third-order valence-electron chi connectivity index (χ3n) is 5.90. The highest BCUT2D eigenvalue weighted by Gasteiger charge is 2.30. The summed E-state index contributed by atoms with van der Waals surface area (Å²) < 4.78 is 1.77. The van der Waals surface area contributed by atoms with Crippen LogP contribution in [0.2, 0.25) is 0 Å². The van der Waals surface area contributed by atoms with Gasteiger partial charge in [0.25, 0.3) is 5.56 Å². The maximum atomic E-state index is 13.2. The second kappa shape index (κ2) is 10.4. The number of benzene rings is 1. The summed E-state index contributed by atoms with van der Waals surface area (Å²) in [4.78, 5) is 34.6. The average molecular weight is 432 g/mol. The zero-order valence-electron chi connectivity index (χ0n) is 18.7. The first-order chi connectivity index (χ1) is 14.4. The predicted molar refractivity (Wildman–Crippen MR) is 123 cm³/mol. The fourth-order valence-electron chi connectivity index (χ4n) is 4.18. The lowest BCUT2D eigenvalue weighted by atomic mass is 10.00. The Kier molecular flexibility index (Phi) is 7.94. The molecular formula is C23H35N4O2S+. The molecule has 0 aliphatic carbocycles. The van der Waals surface area contributed by atoms with Crippen LogP contribution in [-0.4, -0.2) is 58.8 Å². The number of quaternary nitrogens is 1. The van der Waals surface area contributed by atoms with Gasteiger partial charge < -0.3 is 9.80 Å². The highest BCUT2D eigenvalue weighted by molar-refractivity contribution is 8.00. The molecule has 7 heteroatoms. The number of rotatable bonds is 8. The number of thioether (sulfide) groups is 1. The number of carbonyl (C=O) groups excluding carboxylic acids is 1. The van der Waals surface area contributed by atoms with Crippen molar-refractivity contribution in [2.75, 3.05) is 27.2 Å². The van der Waals surface area contributed by atoms with Crippen molar-refractivity contribution < 1.29 is 9.69 Å². The zero-order valence-corrected chi connectivity index (χ0v) is 19.5. The molecule has 2 aromatic rings. The van der Waals surface area contributed by atoms with Gasteiger partial charge in [-0.05, 0) is 44.7 Å². The topological polar surface area (TPSA) is 59.6 Å². The van der Waals surface area contributed by atoms with Crippen molar-refractivity contribution in [2.24, 2.45) is 0 Å². The molecule has 1 aliphatic heterocycles. The number of aromatic nitrogens is 2. The molecule has 164 valence electrons. The Labute approximate surface area is 183 Å². The summed E-state index contributed by atoms with van der Waals surface area (Å²) in [6, 6.07) is 7.82. The van der Waals surface area contributed by atoms with Gasteiger partial charge in [0.05, 0.1) is 36.8 Å². The summed E-state index contributed by atoms with van der Waals surface area (Å²) in [5.41, 5.74) is 0.685. The van der Waals surface area contributed by atoms with E-state index in [0.717, 1.165) is 38.8 Å². The van der Waals surface area contributed by atoms with Crippen molar-refractivity contribution >= 4 is 28.6 Å². The van der Waals surface area contributed by atoms with Gasteiger partial charge in [-0.2, -0.15) is 0 Å².